The van der Waals surface area contributed by atoms with E-state index >= 15 is 0 Å². The van der Waals surface area contributed by atoms with Crippen LogP contribution in [-0.4, -0.2) is 39.7 Å². The molecule has 0 saturated carbocycles. The van der Waals surface area contributed by atoms with E-state index in [1.54, 1.807) is 16.0 Å². The van der Waals surface area contributed by atoms with E-state index in [1.807, 2.05) is 83.6 Å². The third-order valence-electron chi connectivity index (χ3n) is 6.07. The number of aromatic nitrogens is 7. The highest BCUT2D eigenvalue weighted by molar-refractivity contribution is 7.15. The number of carbonyl (C=O) groups is 1. The highest BCUT2D eigenvalue weighted by atomic mass is 32.1. The van der Waals surface area contributed by atoms with E-state index in [4.69, 9.17) is 15.1 Å². The largest absolute Gasteiger partial charge is 0.291 e. The van der Waals surface area contributed by atoms with Crippen molar-refractivity contribution in [2.75, 3.05) is 0 Å². The van der Waals surface area contributed by atoms with Crippen molar-refractivity contribution in [1.29, 1.82) is 0 Å². The number of carbonyl (C=O) groups excluding carboxylic acids is 1. The van der Waals surface area contributed by atoms with Gasteiger partial charge in [-0.05, 0) is 35.7 Å². The fourth-order valence-electron chi connectivity index (χ4n) is 4.36. The summed E-state index contributed by atoms with van der Waals surface area (Å²) in [5, 5.41) is 14.0. The number of fused-ring (bicyclic) bond motifs is 2. The monoisotopic (exact) mass is 535 g/mol. The van der Waals surface area contributed by atoms with Crippen LogP contribution in [0.3, 0.4) is 0 Å². The third-order valence-corrected chi connectivity index (χ3v) is 7.81. The average Bonchev–Trinajstić information content (AvgIpc) is 3.74. The van der Waals surface area contributed by atoms with Gasteiger partial charge in [0.2, 0.25) is 11.6 Å². The van der Waals surface area contributed by atoms with Crippen molar-refractivity contribution in [3.05, 3.63) is 99.7 Å². The van der Waals surface area contributed by atoms with Crippen LogP contribution in [-0.2, 0) is 0 Å². The van der Waals surface area contributed by atoms with Gasteiger partial charge >= 0.3 is 0 Å². The van der Waals surface area contributed by atoms with Gasteiger partial charge in [0, 0.05) is 12.3 Å². The Morgan fingerprint density at radius 2 is 1.53 bits per heavy atom. The number of ketones is 1. The maximum atomic E-state index is 14.1. The number of hydrogen-bond donors (Lipinski definition) is 0. The van der Waals surface area contributed by atoms with Crippen LogP contribution < -0.4 is 5.56 Å². The molecule has 0 fully saturated rings. The van der Waals surface area contributed by atoms with Crippen molar-refractivity contribution < 1.29 is 4.79 Å². The topological polar surface area (TPSA) is 100.0 Å². The van der Waals surface area contributed by atoms with Crippen molar-refractivity contribution in [1.82, 2.24) is 33.9 Å². The normalized spacial score (nSPS) is 11.5. The van der Waals surface area contributed by atoms with Gasteiger partial charge in [-0.2, -0.15) is 9.78 Å². The quantitative estimate of drug-likeness (QED) is 0.278. The van der Waals surface area contributed by atoms with Crippen LogP contribution >= 0.6 is 22.7 Å². The van der Waals surface area contributed by atoms with Gasteiger partial charge in [0.05, 0.1) is 21.9 Å². The van der Waals surface area contributed by atoms with E-state index in [0.29, 0.717) is 27.6 Å². The summed E-state index contributed by atoms with van der Waals surface area (Å²) in [7, 11) is 0. The molecule has 0 aliphatic carbocycles. The SMILES string of the molecule is CC(=O)c1nn(-c2ccccc2)c2nc3c(-c4nc(-c5cccs5)cs4)nn(-c4ccccc4)c3c(=O)n12. The predicted molar refractivity (Wildman–Crippen MR) is 148 cm³/mol. The Balaban J connectivity index is 1.59. The van der Waals surface area contributed by atoms with Crippen LogP contribution in [0.25, 0.3) is 49.5 Å². The lowest BCUT2D eigenvalue weighted by Crippen LogP contribution is -2.20. The minimum atomic E-state index is -0.435. The molecule has 0 N–H and O–H groups in total. The fraction of sp³-hybridized carbons (Fsp3) is 0.0370. The summed E-state index contributed by atoms with van der Waals surface area (Å²) in [6.07, 6.45) is 0. The van der Waals surface area contributed by atoms with Crippen LogP contribution in [0.2, 0.25) is 0 Å². The second-order valence-electron chi connectivity index (χ2n) is 8.49. The molecular weight excluding hydrogens is 518 g/mol. The summed E-state index contributed by atoms with van der Waals surface area (Å²) in [5.74, 6) is -0.123. The van der Waals surface area contributed by atoms with E-state index in [1.165, 1.54) is 27.3 Å². The molecule has 0 bridgehead atoms. The Morgan fingerprint density at radius 1 is 0.816 bits per heavy atom. The molecule has 0 saturated heterocycles. The van der Waals surface area contributed by atoms with Gasteiger partial charge in [0.1, 0.15) is 16.2 Å². The highest BCUT2D eigenvalue weighted by Crippen LogP contribution is 2.34. The van der Waals surface area contributed by atoms with Crippen molar-refractivity contribution in [2.45, 2.75) is 6.92 Å². The molecule has 0 unspecified atom stereocenters. The van der Waals surface area contributed by atoms with E-state index in [9.17, 15) is 9.59 Å². The van der Waals surface area contributed by atoms with E-state index in [2.05, 4.69) is 5.10 Å². The zero-order valence-electron chi connectivity index (χ0n) is 19.8. The van der Waals surface area contributed by atoms with Gasteiger partial charge in [0.25, 0.3) is 5.56 Å². The Kier molecular flexibility index (Phi) is 5.13. The van der Waals surface area contributed by atoms with Crippen LogP contribution in [0.15, 0.2) is 88.4 Å². The summed E-state index contributed by atoms with van der Waals surface area (Å²) < 4.78 is 4.35. The molecule has 7 rings (SSSR count). The number of rotatable bonds is 5. The maximum absolute atomic E-state index is 14.1. The molecule has 0 spiro atoms. The fourth-order valence-corrected chi connectivity index (χ4v) is 5.93. The van der Waals surface area contributed by atoms with E-state index < -0.39 is 5.56 Å². The molecule has 0 aliphatic heterocycles. The van der Waals surface area contributed by atoms with Crippen molar-refractivity contribution in [3.8, 4) is 32.6 Å². The summed E-state index contributed by atoms with van der Waals surface area (Å²) in [5.41, 5.74) is 2.89. The molecule has 9 nitrogen and oxygen atoms in total. The Labute approximate surface area is 222 Å². The second kappa shape index (κ2) is 8.68. The number of thiazole rings is 1. The first-order valence-corrected chi connectivity index (χ1v) is 13.4. The summed E-state index contributed by atoms with van der Waals surface area (Å²) in [4.78, 5) is 37.5. The lowest BCUT2D eigenvalue weighted by molar-refractivity contribution is 0.100. The van der Waals surface area contributed by atoms with Crippen LogP contribution in [0, 0.1) is 0 Å². The number of nitrogens with zero attached hydrogens (tertiary/aromatic N) is 7. The van der Waals surface area contributed by atoms with Gasteiger partial charge in [-0.1, -0.05) is 42.5 Å². The summed E-state index contributed by atoms with van der Waals surface area (Å²) in [6.45, 7) is 1.38. The molecule has 7 aromatic rings. The second-order valence-corrected chi connectivity index (χ2v) is 10.3. The first kappa shape index (κ1) is 22.5. The summed E-state index contributed by atoms with van der Waals surface area (Å²) >= 11 is 3.05. The van der Waals surface area contributed by atoms with E-state index in [-0.39, 0.29) is 22.9 Å². The van der Waals surface area contributed by atoms with Crippen molar-refractivity contribution in [2.24, 2.45) is 0 Å². The van der Waals surface area contributed by atoms with Crippen LogP contribution in [0.5, 0.6) is 0 Å². The summed E-state index contributed by atoms with van der Waals surface area (Å²) in [6, 6.07) is 22.7. The Morgan fingerprint density at radius 3 is 2.18 bits per heavy atom. The first-order valence-electron chi connectivity index (χ1n) is 11.7. The Bertz CT molecular complexity index is 2020. The van der Waals surface area contributed by atoms with Crippen LogP contribution in [0.1, 0.15) is 17.5 Å². The molecule has 0 atom stereocenters. The number of para-hydroxylation sites is 2. The predicted octanol–water partition coefficient (Wildman–Crippen LogP) is 5.27. The molecule has 0 aliphatic rings. The molecule has 5 heterocycles. The zero-order chi connectivity index (χ0) is 25.8. The van der Waals surface area contributed by atoms with Gasteiger partial charge in [-0.25, -0.2) is 19.1 Å². The van der Waals surface area contributed by atoms with Gasteiger partial charge in [-0.15, -0.1) is 27.8 Å². The minimum Gasteiger partial charge on any atom is -0.291 e. The van der Waals surface area contributed by atoms with Crippen LogP contribution in [0.4, 0.5) is 0 Å². The number of Topliss-reactive ketones (excluding diaryl/α,β-unsaturated/α-hetero) is 1. The van der Waals surface area contributed by atoms with Crippen molar-refractivity contribution >= 4 is 45.3 Å². The molecule has 0 radical (unpaired) electrons. The van der Waals surface area contributed by atoms with Gasteiger partial charge in [-0.3, -0.25) is 9.59 Å². The highest BCUT2D eigenvalue weighted by Gasteiger charge is 2.26. The zero-order valence-corrected chi connectivity index (χ0v) is 21.5. The molecule has 184 valence electrons. The first-order chi connectivity index (χ1) is 18.6. The molecule has 38 heavy (non-hydrogen) atoms. The molecular formula is C27H17N7O2S2. The number of hydrogen-bond acceptors (Lipinski definition) is 8. The Hall–Kier alpha value is -4.74. The van der Waals surface area contributed by atoms with Gasteiger partial charge in [0.15, 0.2) is 11.3 Å². The number of thiophene rings is 1. The standard InChI is InChI=1S/C27H17N7O2S2/c1-16(35)24-31-34(18-11-6-3-7-12-18)27-29-21-22(25-28-19(15-38-25)20-13-8-14-37-20)30-33(17-9-4-2-5-10-17)23(21)26(36)32(24)27/h2-15H,1H3. The average molecular weight is 536 g/mol. The smallest absolute Gasteiger partial charge is 0.287 e. The van der Waals surface area contributed by atoms with Gasteiger partial charge < -0.3 is 0 Å². The maximum Gasteiger partial charge on any atom is 0.287 e. The molecule has 5 aromatic heterocycles. The number of benzene rings is 2. The third kappa shape index (κ3) is 3.44. The molecule has 11 heteroatoms. The minimum absolute atomic E-state index is 0.000144. The van der Waals surface area contributed by atoms with E-state index in [0.717, 1.165) is 10.6 Å². The lowest BCUT2D eigenvalue weighted by Gasteiger charge is -2.04. The lowest BCUT2D eigenvalue weighted by atomic mass is 10.3. The molecule has 2 aromatic carbocycles. The molecule has 0 amide bonds. The van der Waals surface area contributed by atoms with Crippen molar-refractivity contribution in [3.63, 3.8) is 0 Å².